The van der Waals surface area contributed by atoms with Gasteiger partial charge in [-0.05, 0) is 42.3 Å². The molecule has 24 heavy (non-hydrogen) atoms. The molecule has 1 fully saturated rings. The van der Waals surface area contributed by atoms with Crippen LogP contribution < -0.4 is 0 Å². The van der Waals surface area contributed by atoms with Crippen LogP contribution in [0.5, 0.6) is 0 Å². The highest BCUT2D eigenvalue weighted by Crippen LogP contribution is 2.45. The molecule has 1 saturated heterocycles. The van der Waals surface area contributed by atoms with Gasteiger partial charge in [0.1, 0.15) is 6.10 Å². The Morgan fingerprint density at radius 1 is 1.17 bits per heavy atom. The minimum absolute atomic E-state index is 0.717. The second-order valence-electron chi connectivity index (χ2n) is 5.76. The quantitative estimate of drug-likeness (QED) is 0.558. The third kappa shape index (κ3) is 3.20. The molecule has 1 aliphatic rings. The van der Waals surface area contributed by atoms with E-state index in [1.807, 2.05) is 54.6 Å². The fraction of sp³-hybridized carbons (Fsp3) is 0.211. The lowest BCUT2D eigenvalue weighted by Gasteiger charge is -2.42. The van der Waals surface area contributed by atoms with Crippen molar-refractivity contribution in [1.82, 2.24) is 0 Å². The standard InChI is InChI=1S/C19H15Br2FO2/c1-12-19(22,18(23)24-12)17(14-5-3-7-16(21)11-14)9-8-13-4-2-6-15(20)10-13/h2-12,17H,1H3/b9-8+. The number of carbonyl (C=O) groups is 1. The average molecular weight is 454 g/mol. The van der Waals surface area contributed by atoms with Crippen LogP contribution in [0, 0.1) is 0 Å². The Labute approximate surface area is 157 Å². The maximum atomic E-state index is 15.4. The maximum Gasteiger partial charge on any atom is 0.349 e. The highest BCUT2D eigenvalue weighted by atomic mass is 79.9. The number of esters is 1. The van der Waals surface area contributed by atoms with Gasteiger partial charge in [0.2, 0.25) is 0 Å². The van der Waals surface area contributed by atoms with Crippen LogP contribution in [0.15, 0.2) is 63.6 Å². The van der Waals surface area contributed by atoms with Crippen molar-refractivity contribution in [3.63, 3.8) is 0 Å². The molecule has 0 aliphatic carbocycles. The molecule has 1 heterocycles. The van der Waals surface area contributed by atoms with E-state index in [-0.39, 0.29) is 0 Å². The molecule has 0 N–H and O–H groups in total. The van der Waals surface area contributed by atoms with Crippen LogP contribution in [0.3, 0.4) is 0 Å². The number of carbonyl (C=O) groups excluding carboxylic acids is 1. The Hall–Kier alpha value is -1.46. The number of ether oxygens (including phenoxy) is 1. The van der Waals surface area contributed by atoms with Crippen molar-refractivity contribution in [3.8, 4) is 0 Å². The first-order chi connectivity index (χ1) is 11.4. The fourth-order valence-corrected chi connectivity index (χ4v) is 3.67. The molecule has 0 aromatic heterocycles. The summed E-state index contributed by atoms with van der Waals surface area (Å²) in [6.45, 7) is 1.58. The second kappa shape index (κ2) is 6.81. The van der Waals surface area contributed by atoms with Gasteiger partial charge in [-0.2, -0.15) is 0 Å². The lowest BCUT2D eigenvalue weighted by molar-refractivity contribution is -0.209. The van der Waals surface area contributed by atoms with Gasteiger partial charge in [0.25, 0.3) is 5.67 Å². The molecule has 2 aromatic carbocycles. The van der Waals surface area contributed by atoms with Crippen LogP contribution in [-0.2, 0) is 9.53 Å². The monoisotopic (exact) mass is 452 g/mol. The van der Waals surface area contributed by atoms with Crippen molar-refractivity contribution in [1.29, 1.82) is 0 Å². The normalized spacial score (nSPS) is 24.5. The molecule has 3 atom stereocenters. The van der Waals surface area contributed by atoms with E-state index < -0.39 is 23.7 Å². The van der Waals surface area contributed by atoms with Gasteiger partial charge < -0.3 is 4.74 Å². The maximum absolute atomic E-state index is 15.4. The molecule has 3 rings (SSSR count). The van der Waals surface area contributed by atoms with Crippen LogP contribution >= 0.6 is 31.9 Å². The first-order valence-electron chi connectivity index (χ1n) is 7.50. The van der Waals surface area contributed by atoms with Crippen molar-refractivity contribution in [3.05, 3.63) is 74.7 Å². The zero-order chi connectivity index (χ0) is 17.3. The zero-order valence-corrected chi connectivity index (χ0v) is 16.1. The Morgan fingerprint density at radius 3 is 2.42 bits per heavy atom. The highest BCUT2D eigenvalue weighted by molar-refractivity contribution is 9.10. The van der Waals surface area contributed by atoms with Gasteiger partial charge in [0.05, 0.1) is 5.92 Å². The molecule has 5 heteroatoms. The molecule has 2 nitrogen and oxygen atoms in total. The lowest BCUT2D eigenvalue weighted by Crippen LogP contribution is -2.61. The van der Waals surface area contributed by atoms with Crippen molar-refractivity contribution in [2.75, 3.05) is 0 Å². The molecular formula is C19H15Br2FO2. The van der Waals surface area contributed by atoms with Gasteiger partial charge in [-0.25, -0.2) is 9.18 Å². The summed E-state index contributed by atoms with van der Waals surface area (Å²) in [5.74, 6) is -1.52. The van der Waals surface area contributed by atoms with Crippen LogP contribution in [0.4, 0.5) is 4.39 Å². The van der Waals surface area contributed by atoms with Gasteiger partial charge in [-0.1, -0.05) is 68.3 Å². The summed E-state index contributed by atoms with van der Waals surface area (Å²) in [5.41, 5.74) is -0.404. The van der Waals surface area contributed by atoms with E-state index in [0.717, 1.165) is 20.1 Å². The van der Waals surface area contributed by atoms with Crippen molar-refractivity contribution in [2.24, 2.45) is 0 Å². The van der Waals surface area contributed by atoms with Crippen LogP contribution in [0.2, 0.25) is 0 Å². The molecule has 1 aliphatic heterocycles. The Bertz CT molecular complexity index is 805. The van der Waals surface area contributed by atoms with Gasteiger partial charge in [-0.15, -0.1) is 0 Å². The molecule has 0 bridgehead atoms. The Kier molecular flexibility index (Phi) is 4.92. The van der Waals surface area contributed by atoms with E-state index in [1.165, 1.54) is 0 Å². The summed E-state index contributed by atoms with van der Waals surface area (Å²) in [4.78, 5) is 11.9. The Balaban J connectivity index is 2.01. The number of alkyl halides is 1. The van der Waals surface area contributed by atoms with Crippen molar-refractivity contribution in [2.45, 2.75) is 24.6 Å². The number of allylic oxidation sites excluding steroid dienone is 1. The molecule has 0 amide bonds. The SMILES string of the molecule is CC1OC(=O)C1(F)C(/C=C/c1cccc(Br)c1)c1cccc(Br)c1. The van der Waals surface area contributed by atoms with Crippen LogP contribution in [0.1, 0.15) is 24.0 Å². The number of hydrogen-bond donors (Lipinski definition) is 0. The summed E-state index contributed by atoms with van der Waals surface area (Å²) < 4.78 is 22.1. The first kappa shape index (κ1) is 17.4. The topological polar surface area (TPSA) is 26.3 Å². The number of cyclic esters (lactones) is 1. The average Bonchev–Trinajstić information content (AvgIpc) is 2.55. The molecule has 0 saturated carbocycles. The summed E-state index contributed by atoms with van der Waals surface area (Å²) in [5, 5.41) is 0. The molecule has 2 aromatic rings. The molecule has 0 radical (unpaired) electrons. The van der Waals surface area contributed by atoms with E-state index in [4.69, 9.17) is 4.74 Å². The molecule has 124 valence electrons. The smallest absolute Gasteiger partial charge is 0.349 e. The summed E-state index contributed by atoms with van der Waals surface area (Å²) in [7, 11) is 0. The third-order valence-corrected chi connectivity index (χ3v) is 5.16. The minimum Gasteiger partial charge on any atom is -0.456 e. The zero-order valence-electron chi connectivity index (χ0n) is 12.9. The van der Waals surface area contributed by atoms with Gasteiger partial charge >= 0.3 is 5.97 Å². The first-order valence-corrected chi connectivity index (χ1v) is 9.09. The Morgan fingerprint density at radius 2 is 1.83 bits per heavy atom. The number of hydrogen-bond acceptors (Lipinski definition) is 2. The minimum atomic E-state index is -2.05. The summed E-state index contributed by atoms with van der Waals surface area (Å²) in [6.07, 6.45) is 2.79. The summed E-state index contributed by atoms with van der Waals surface area (Å²) in [6, 6.07) is 15.0. The summed E-state index contributed by atoms with van der Waals surface area (Å²) >= 11 is 6.82. The van der Waals surface area contributed by atoms with E-state index in [9.17, 15) is 4.79 Å². The van der Waals surface area contributed by atoms with Crippen LogP contribution in [0.25, 0.3) is 6.08 Å². The number of halogens is 3. The second-order valence-corrected chi connectivity index (χ2v) is 7.59. The third-order valence-electron chi connectivity index (χ3n) is 4.18. The fourth-order valence-electron chi connectivity index (χ4n) is 2.84. The number of rotatable bonds is 4. The molecular weight excluding hydrogens is 439 g/mol. The van der Waals surface area contributed by atoms with Gasteiger partial charge in [0.15, 0.2) is 0 Å². The predicted molar refractivity (Wildman–Crippen MR) is 99.5 cm³/mol. The predicted octanol–water partition coefficient (Wildman–Crippen LogP) is 5.66. The van der Waals surface area contributed by atoms with Crippen molar-refractivity contribution >= 4 is 43.9 Å². The molecule has 0 spiro atoms. The lowest BCUT2D eigenvalue weighted by atomic mass is 9.76. The van der Waals surface area contributed by atoms with E-state index >= 15 is 4.39 Å². The van der Waals surface area contributed by atoms with Crippen molar-refractivity contribution < 1.29 is 13.9 Å². The van der Waals surface area contributed by atoms with E-state index in [2.05, 4.69) is 31.9 Å². The number of benzene rings is 2. The van der Waals surface area contributed by atoms with E-state index in [0.29, 0.717) is 0 Å². The van der Waals surface area contributed by atoms with Gasteiger partial charge in [-0.3, -0.25) is 0 Å². The highest BCUT2D eigenvalue weighted by Gasteiger charge is 2.61. The van der Waals surface area contributed by atoms with Crippen LogP contribution in [-0.4, -0.2) is 17.7 Å². The van der Waals surface area contributed by atoms with Gasteiger partial charge in [0, 0.05) is 8.95 Å². The largest absolute Gasteiger partial charge is 0.456 e. The van der Waals surface area contributed by atoms with E-state index in [1.54, 1.807) is 13.0 Å². The molecule has 3 unspecified atom stereocenters.